The molecule has 6 nitrogen and oxygen atoms in total. The third-order valence-electron chi connectivity index (χ3n) is 3.29. The normalized spacial score (nSPS) is 12.5. The van der Waals surface area contributed by atoms with Gasteiger partial charge in [0.1, 0.15) is 0 Å². The van der Waals surface area contributed by atoms with Crippen molar-refractivity contribution in [3.8, 4) is 5.69 Å². The lowest BCUT2D eigenvalue weighted by Gasteiger charge is -2.13. The number of nitrogens with zero attached hydrogens (tertiary/aromatic N) is 5. The number of para-hydroxylation sites is 1. The van der Waals surface area contributed by atoms with Crippen LogP contribution in [0.3, 0.4) is 0 Å². The molecule has 6 heteroatoms. The summed E-state index contributed by atoms with van der Waals surface area (Å²) >= 11 is 0. The molecule has 0 spiro atoms. The van der Waals surface area contributed by atoms with E-state index in [1.807, 2.05) is 61.5 Å². The molecule has 0 amide bonds. The molecule has 0 bridgehead atoms. The van der Waals surface area contributed by atoms with Crippen molar-refractivity contribution in [1.29, 1.82) is 0 Å². The third-order valence-corrected chi connectivity index (χ3v) is 3.29. The first kappa shape index (κ1) is 12.6. The highest BCUT2D eigenvalue weighted by Crippen LogP contribution is 2.20. The Bertz CT molecular complexity index is 685. The average molecular weight is 268 g/mol. The van der Waals surface area contributed by atoms with Crippen LogP contribution >= 0.6 is 0 Å². The molecular weight excluding hydrogens is 252 g/mol. The van der Waals surface area contributed by atoms with Crippen molar-refractivity contribution in [3.05, 3.63) is 60.2 Å². The van der Waals surface area contributed by atoms with Gasteiger partial charge >= 0.3 is 0 Å². The first-order valence-corrected chi connectivity index (χ1v) is 6.41. The van der Waals surface area contributed by atoms with E-state index in [0.29, 0.717) is 0 Å². The van der Waals surface area contributed by atoms with Crippen LogP contribution in [0.4, 0.5) is 0 Å². The van der Waals surface area contributed by atoms with E-state index in [1.165, 1.54) is 0 Å². The zero-order valence-electron chi connectivity index (χ0n) is 11.4. The SMILES string of the molecule is CNC(c1cnn(-c2ccccc2)c1)c1cnnn1C. The van der Waals surface area contributed by atoms with Gasteiger partial charge in [0.05, 0.1) is 29.8 Å². The zero-order valence-corrected chi connectivity index (χ0v) is 11.4. The van der Waals surface area contributed by atoms with Crippen LogP contribution in [0.25, 0.3) is 5.69 Å². The molecule has 102 valence electrons. The molecule has 2 heterocycles. The highest BCUT2D eigenvalue weighted by atomic mass is 15.4. The van der Waals surface area contributed by atoms with Crippen LogP contribution in [-0.2, 0) is 7.05 Å². The molecule has 0 aliphatic carbocycles. The van der Waals surface area contributed by atoms with Crippen molar-refractivity contribution in [2.45, 2.75) is 6.04 Å². The number of hydrogen-bond donors (Lipinski definition) is 1. The van der Waals surface area contributed by atoms with Crippen LogP contribution < -0.4 is 5.32 Å². The van der Waals surface area contributed by atoms with Gasteiger partial charge < -0.3 is 5.32 Å². The topological polar surface area (TPSA) is 60.6 Å². The van der Waals surface area contributed by atoms with Crippen molar-refractivity contribution in [2.75, 3.05) is 7.05 Å². The standard InChI is InChI=1S/C14H16N6/c1-15-14(13-9-16-18-19(13)2)11-8-17-20(10-11)12-6-4-3-5-7-12/h3-10,14-15H,1-2H3. The number of benzene rings is 1. The summed E-state index contributed by atoms with van der Waals surface area (Å²) in [5, 5.41) is 15.6. The predicted octanol–water partition coefficient (Wildman–Crippen LogP) is 1.31. The molecule has 0 saturated carbocycles. The monoisotopic (exact) mass is 268 g/mol. The maximum atomic E-state index is 4.42. The van der Waals surface area contributed by atoms with Crippen molar-refractivity contribution in [3.63, 3.8) is 0 Å². The molecule has 0 fully saturated rings. The smallest absolute Gasteiger partial charge is 0.0799 e. The van der Waals surface area contributed by atoms with Crippen LogP contribution in [0, 0.1) is 0 Å². The van der Waals surface area contributed by atoms with Gasteiger partial charge in [0.15, 0.2) is 0 Å². The van der Waals surface area contributed by atoms with E-state index < -0.39 is 0 Å². The lowest BCUT2D eigenvalue weighted by atomic mass is 10.1. The Morgan fingerprint density at radius 2 is 1.95 bits per heavy atom. The van der Waals surface area contributed by atoms with Gasteiger partial charge in [0, 0.05) is 18.8 Å². The first-order valence-electron chi connectivity index (χ1n) is 6.41. The minimum absolute atomic E-state index is 0.0208. The van der Waals surface area contributed by atoms with Crippen LogP contribution in [0.15, 0.2) is 48.9 Å². The average Bonchev–Trinajstić information content (AvgIpc) is 3.12. The number of nitrogens with one attached hydrogen (secondary N) is 1. The fourth-order valence-corrected chi connectivity index (χ4v) is 2.25. The van der Waals surface area contributed by atoms with E-state index in [9.17, 15) is 0 Å². The fourth-order valence-electron chi connectivity index (χ4n) is 2.25. The van der Waals surface area contributed by atoms with Gasteiger partial charge in [0.2, 0.25) is 0 Å². The molecule has 2 aromatic heterocycles. The summed E-state index contributed by atoms with van der Waals surface area (Å²) in [6.45, 7) is 0. The Kier molecular flexibility index (Phi) is 3.30. The van der Waals surface area contributed by atoms with E-state index in [0.717, 1.165) is 16.9 Å². The maximum Gasteiger partial charge on any atom is 0.0799 e. The summed E-state index contributed by atoms with van der Waals surface area (Å²) in [5.74, 6) is 0. The molecule has 1 N–H and O–H groups in total. The minimum Gasteiger partial charge on any atom is -0.308 e. The largest absolute Gasteiger partial charge is 0.308 e. The number of aromatic nitrogens is 5. The second kappa shape index (κ2) is 5.26. The highest BCUT2D eigenvalue weighted by Gasteiger charge is 2.18. The summed E-state index contributed by atoms with van der Waals surface area (Å²) in [6, 6.07) is 10.1. The molecule has 0 radical (unpaired) electrons. The number of rotatable bonds is 4. The van der Waals surface area contributed by atoms with Crippen LogP contribution in [-0.4, -0.2) is 31.8 Å². The van der Waals surface area contributed by atoms with Gasteiger partial charge in [-0.2, -0.15) is 5.10 Å². The van der Waals surface area contributed by atoms with Gasteiger partial charge in [-0.05, 0) is 19.2 Å². The van der Waals surface area contributed by atoms with Crippen LogP contribution in [0.5, 0.6) is 0 Å². The Balaban J connectivity index is 1.95. The fraction of sp³-hybridized carbons (Fsp3) is 0.214. The van der Waals surface area contributed by atoms with Crippen LogP contribution in [0.2, 0.25) is 0 Å². The Morgan fingerprint density at radius 1 is 1.15 bits per heavy atom. The number of aryl methyl sites for hydroxylation is 1. The minimum atomic E-state index is 0.0208. The summed E-state index contributed by atoms with van der Waals surface area (Å²) < 4.78 is 3.63. The third kappa shape index (κ3) is 2.21. The van der Waals surface area contributed by atoms with E-state index in [1.54, 1.807) is 10.9 Å². The van der Waals surface area contributed by atoms with E-state index in [-0.39, 0.29) is 6.04 Å². The summed E-state index contributed by atoms with van der Waals surface area (Å²) in [5.41, 5.74) is 3.11. The van der Waals surface area contributed by atoms with Crippen molar-refractivity contribution in [2.24, 2.45) is 7.05 Å². The van der Waals surface area contributed by atoms with Gasteiger partial charge in [-0.25, -0.2) is 4.68 Å². The summed E-state index contributed by atoms with van der Waals surface area (Å²) in [6.07, 6.45) is 5.64. The van der Waals surface area contributed by atoms with Crippen molar-refractivity contribution in [1.82, 2.24) is 30.1 Å². The molecule has 20 heavy (non-hydrogen) atoms. The quantitative estimate of drug-likeness (QED) is 0.775. The Labute approximate surface area is 117 Å². The van der Waals surface area contributed by atoms with Crippen LogP contribution in [0.1, 0.15) is 17.3 Å². The van der Waals surface area contributed by atoms with Gasteiger partial charge in [-0.15, -0.1) is 5.10 Å². The predicted molar refractivity (Wildman–Crippen MR) is 75.5 cm³/mol. The molecule has 3 rings (SSSR count). The molecule has 1 atom stereocenters. The van der Waals surface area contributed by atoms with E-state index in [4.69, 9.17) is 0 Å². The molecule has 1 aromatic carbocycles. The molecule has 0 aliphatic rings. The lowest BCUT2D eigenvalue weighted by Crippen LogP contribution is -2.20. The van der Waals surface area contributed by atoms with Gasteiger partial charge in [-0.3, -0.25) is 4.68 Å². The lowest BCUT2D eigenvalue weighted by molar-refractivity contribution is 0.598. The highest BCUT2D eigenvalue weighted by molar-refractivity contribution is 5.32. The molecule has 3 aromatic rings. The number of hydrogen-bond acceptors (Lipinski definition) is 4. The Morgan fingerprint density at radius 3 is 2.60 bits per heavy atom. The summed E-state index contributed by atoms with van der Waals surface area (Å²) in [7, 11) is 3.80. The second-order valence-corrected chi connectivity index (χ2v) is 4.56. The maximum absolute atomic E-state index is 4.42. The molecular formula is C14H16N6. The van der Waals surface area contributed by atoms with Crippen molar-refractivity contribution < 1.29 is 0 Å². The zero-order chi connectivity index (χ0) is 13.9. The molecule has 1 unspecified atom stereocenters. The van der Waals surface area contributed by atoms with Crippen molar-refractivity contribution >= 4 is 0 Å². The summed E-state index contributed by atoms with van der Waals surface area (Å²) in [4.78, 5) is 0. The van der Waals surface area contributed by atoms with Gasteiger partial charge in [-0.1, -0.05) is 23.4 Å². The van der Waals surface area contributed by atoms with Gasteiger partial charge in [0.25, 0.3) is 0 Å². The Hall–Kier alpha value is -2.47. The molecule has 0 aliphatic heterocycles. The van der Waals surface area contributed by atoms with E-state index in [2.05, 4.69) is 20.7 Å². The van der Waals surface area contributed by atoms with E-state index >= 15 is 0 Å². The molecule has 0 saturated heterocycles. The second-order valence-electron chi connectivity index (χ2n) is 4.56. The first-order chi connectivity index (χ1) is 9.79.